The van der Waals surface area contributed by atoms with E-state index in [4.69, 9.17) is 9.94 Å². The Morgan fingerprint density at radius 2 is 1.65 bits per heavy atom. The Morgan fingerprint density at radius 3 is 2.15 bits per heavy atom. The molecule has 0 fully saturated rings. The maximum Gasteiger partial charge on any atom is 0.426 e. The van der Waals surface area contributed by atoms with Gasteiger partial charge in [0.2, 0.25) is 11.5 Å². The van der Waals surface area contributed by atoms with Crippen LogP contribution >= 0.6 is 0 Å². The fourth-order valence-corrected chi connectivity index (χ4v) is 4.08. The number of carbonyl (C=O) groups excluding carboxylic acids is 2. The Balaban J connectivity index is 2.48. The lowest BCUT2D eigenvalue weighted by atomic mass is 9.71. The lowest BCUT2D eigenvalue weighted by Crippen LogP contribution is -2.64. The predicted molar refractivity (Wildman–Crippen MR) is 118 cm³/mol. The van der Waals surface area contributed by atoms with Crippen LogP contribution in [0, 0.1) is 11.8 Å². The molecule has 10 heteroatoms. The fraction of sp³-hybridized carbons (Fsp3) is 0.417. The number of aliphatic hydroxyl groups is 1. The predicted octanol–water partition coefficient (Wildman–Crippen LogP) is 3.04. The van der Waals surface area contributed by atoms with Gasteiger partial charge in [0.25, 0.3) is 5.91 Å². The van der Waals surface area contributed by atoms with Crippen LogP contribution in [0.4, 0.5) is 13.2 Å². The SMILES string of the molecule is CNC(=O)[C@@H](Cc1ccc(OC)cc1)[C@@H](CCCc1ccccc1)[C@](O)(C(=O)NO)C(F)(F)F. The van der Waals surface area contributed by atoms with Crippen LogP contribution in [0.15, 0.2) is 54.6 Å². The van der Waals surface area contributed by atoms with Gasteiger partial charge >= 0.3 is 6.18 Å². The fourth-order valence-electron chi connectivity index (χ4n) is 4.08. The number of rotatable bonds is 11. The van der Waals surface area contributed by atoms with E-state index in [1.54, 1.807) is 54.6 Å². The number of nitrogens with one attached hydrogen (secondary N) is 2. The van der Waals surface area contributed by atoms with Gasteiger partial charge in [-0.15, -0.1) is 0 Å². The lowest BCUT2D eigenvalue weighted by Gasteiger charge is -2.39. The van der Waals surface area contributed by atoms with Gasteiger partial charge in [0.15, 0.2) is 0 Å². The Bertz CT molecular complexity index is 938. The van der Waals surface area contributed by atoms with Crippen LogP contribution in [-0.2, 0) is 22.4 Å². The molecule has 0 aliphatic heterocycles. The highest BCUT2D eigenvalue weighted by atomic mass is 19.4. The van der Waals surface area contributed by atoms with Gasteiger partial charge in [0.1, 0.15) is 5.75 Å². The van der Waals surface area contributed by atoms with Crippen molar-refractivity contribution in [3.63, 3.8) is 0 Å². The van der Waals surface area contributed by atoms with Gasteiger partial charge < -0.3 is 15.2 Å². The van der Waals surface area contributed by atoms with Gasteiger partial charge in [0.05, 0.1) is 7.11 Å². The van der Waals surface area contributed by atoms with Crippen LogP contribution in [0.2, 0.25) is 0 Å². The highest BCUT2D eigenvalue weighted by molar-refractivity contribution is 5.87. The second-order valence-corrected chi connectivity index (χ2v) is 7.96. The minimum atomic E-state index is -5.45. The molecule has 0 aliphatic carbocycles. The number of carbonyl (C=O) groups is 2. The maximum absolute atomic E-state index is 14.1. The van der Waals surface area contributed by atoms with Crippen LogP contribution in [0.1, 0.15) is 24.0 Å². The lowest BCUT2D eigenvalue weighted by molar-refractivity contribution is -0.276. The molecular formula is C24H29F3N2O5. The summed E-state index contributed by atoms with van der Waals surface area (Å²) in [5.74, 6) is -5.60. The van der Waals surface area contributed by atoms with Gasteiger partial charge in [-0.3, -0.25) is 14.8 Å². The molecule has 0 heterocycles. The zero-order chi connectivity index (χ0) is 25.4. The van der Waals surface area contributed by atoms with E-state index in [2.05, 4.69) is 5.32 Å². The molecule has 2 amide bonds. The van der Waals surface area contributed by atoms with E-state index in [9.17, 15) is 27.9 Å². The number of benzene rings is 2. The third kappa shape index (κ3) is 6.27. The number of amides is 2. The van der Waals surface area contributed by atoms with Crippen LogP contribution in [-0.4, -0.2) is 48.1 Å². The molecule has 0 unspecified atom stereocenters. The summed E-state index contributed by atoms with van der Waals surface area (Å²) in [6.07, 6.45) is -5.43. The van der Waals surface area contributed by atoms with Crippen molar-refractivity contribution >= 4 is 11.8 Å². The summed E-state index contributed by atoms with van der Waals surface area (Å²) in [7, 11) is 2.73. The molecule has 2 aromatic carbocycles. The van der Waals surface area contributed by atoms with E-state index in [1.807, 2.05) is 0 Å². The van der Waals surface area contributed by atoms with Gasteiger partial charge in [-0.1, -0.05) is 42.5 Å². The molecule has 0 saturated carbocycles. The number of alkyl halides is 3. The summed E-state index contributed by atoms with van der Waals surface area (Å²) in [5.41, 5.74) is -1.70. The molecule has 0 spiro atoms. The van der Waals surface area contributed by atoms with Crippen molar-refractivity contribution in [1.29, 1.82) is 0 Å². The summed E-state index contributed by atoms with van der Waals surface area (Å²) in [4.78, 5) is 25.0. The van der Waals surface area contributed by atoms with E-state index in [-0.39, 0.29) is 19.3 Å². The molecule has 4 N–H and O–H groups in total. The van der Waals surface area contributed by atoms with E-state index in [0.29, 0.717) is 17.7 Å². The third-order valence-electron chi connectivity index (χ3n) is 5.92. The molecule has 186 valence electrons. The Kier molecular flexibility index (Phi) is 9.46. The quantitative estimate of drug-likeness (QED) is 0.291. The highest BCUT2D eigenvalue weighted by Crippen LogP contribution is 2.43. The van der Waals surface area contributed by atoms with Crippen molar-refractivity contribution in [3.8, 4) is 5.75 Å². The Labute approximate surface area is 195 Å². The van der Waals surface area contributed by atoms with Crippen molar-refractivity contribution in [2.45, 2.75) is 37.5 Å². The van der Waals surface area contributed by atoms with Crippen LogP contribution in [0.25, 0.3) is 0 Å². The first-order valence-corrected chi connectivity index (χ1v) is 10.7. The zero-order valence-electron chi connectivity index (χ0n) is 18.9. The summed E-state index contributed by atoms with van der Waals surface area (Å²) in [5, 5.41) is 22.1. The van der Waals surface area contributed by atoms with Crippen molar-refractivity contribution in [1.82, 2.24) is 10.8 Å². The smallest absolute Gasteiger partial charge is 0.426 e. The van der Waals surface area contributed by atoms with Gasteiger partial charge in [-0.05, 0) is 48.9 Å². The molecule has 34 heavy (non-hydrogen) atoms. The molecular weight excluding hydrogens is 453 g/mol. The van der Waals surface area contributed by atoms with Crippen LogP contribution < -0.4 is 15.5 Å². The van der Waals surface area contributed by atoms with E-state index in [1.165, 1.54) is 14.2 Å². The molecule has 7 nitrogen and oxygen atoms in total. The first kappa shape index (κ1) is 27.1. The van der Waals surface area contributed by atoms with E-state index >= 15 is 0 Å². The molecule has 0 saturated heterocycles. The molecule has 0 aromatic heterocycles. The van der Waals surface area contributed by atoms with Gasteiger partial charge in [0, 0.05) is 18.9 Å². The third-order valence-corrected chi connectivity index (χ3v) is 5.92. The second-order valence-electron chi connectivity index (χ2n) is 7.96. The monoisotopic (exact) mass is 482 g/mol. The zero-order valence-corrected chi connectivity index (χ0v) is 18.9. The first-order valence-electron chi connectivity index (χ1n) is 10.7. The number of ether oxygens (including phenoxy) is 1. The normalized spacial score (nSPS) is 15.0. The molecule has 0 radical (unpaired) electrons. The number of hydrogen-bond donors (Lipinski definition) is 4. The number of aryl methyl sites for hydroxylation is 1. The van der Waals surface area contributed by atoms with Crippen molar-refractivity contribution < 1.29 is 37.8 Å². The number of halogens is 3. The number of hydroxylamine groups is 1. The Morgan fingerprint density at radius 1 is 1.03 bits per heavy atom. The van der Waals surface area contributed by atoms with Crippen molar-refractivity contribution in [3.05, 3.63) is 65.7 Å². The second kappa shape index (κ2) is 11.8. The molecule has 2 rings (SSSR count). The molecule has 0 bridgehead atoms. The average molecular weight is 482 g/mol. The molecule has 3 atom stereocenters. The summed E-state index contributed by atoms with van der Waals surface area (Å²) >= 11 is 0. The minimum absolute atomic E-state index is 0.155. The van der Waals surface area contributed by atoms with Crippen molar-refractivity contribution in [2.75, 3.05) is 14.2 Å². The van der Waals surface area contributed by atoms with Gasteiger partial charge in [-0.2, -0.15) is 13.2 Å². The first-order chi connectivity index (χ1) is 16.1. The highest BCUT2D eigenvalue weighted by Gasteiger charge is 2.65. The Hall–Kier alpha value is -3.11. The maximum atomic E-state index is 14.1. The van der Waals surface area contributed by atoms with E-state index < -0.39 is 35.4 Å². The van der Waals surface area contributed by atoms with Gasteiger partial charge in [-0.25, -0.2) is 5.48 Å². The van der Waals surface area contributed by atoms with Crippen LogP contribution in [0.5, 0.6) is 5.75 Å². The minimum Gasteiger partial charge on any atom is -0.497 e. The largest absolute Gasteiger partial charge is 0.497 e. The molecule has 0 aliphatic rings. The van der Waals surface area contributed by atoms with E-state index in [0.717, 1.165) is 11.0 Å². The summed E-state index contributed by atoms with van der Waals surface area (Å²) < 4.78 is 47.5. The molecule has 2 aromatic rings. The standard InChI is InChI=1S/C24H29F3N2O5/c1-28-21(30)19(15-17-11-13-18(34-2)14-12-17)20(10-6-9-16-7-4-3-5-8-16)23(32,22(31)29-33)24(25,26)27/h3-5,7-8,11-14,19-20,32-33H,6,9-10,15H2,1-2H3,(H,28,30)(H,29,31)/t19-,20+,23-/m0/s1. The number of methoxy groups -OCH3 is 1. The van der Waals surface area contributed by atoms with Crippen LogP contribution in [0.3, 0.4) is 0 Å². The van der Waals surface area contributed by atoms with Crippen molar-refractivity contribution in [2.24, 2.45) is 11.8 Å². The average Bonchev–Trinajstić information content (AvgIpc) is 2.84. The summed E-state index contributed by atoms with van der Waals surface area (Å²) in [6.45, 7) is 0. The topological polar surface area (TPSA) is 108 Å². The summed E-state index contributed by atoms with van der Waals surface area (Å²) in [6, 6.07) is 15.4. The number of hydrogen-bond acceptors (Lipinski definition) is 5.